The van der Waals surface area contributed by atoms with Gasteiger partial charge in [0.1, 0.15) is 5.76 Å². The molecule has 3 heteroatoms. The Hall–Kier alpha value is -0.990. The topological polar surface area (TPSA) is 46.0 Å². The van der Waals surface area contributed by atoms with Crippen molar-refractivity contribution in [1.29, 1.82) is 0 Å². The third-order valence-electron chi connectivity index (χ3n) is 4.06. The number of hydrogen-bond donors (Lipinski definition) is 1. The van der Waals surface area contributed by atoms with Crippen LogP contribution in [-0.4, -0.2) is 5.16 Å². The molecular weight excluding hydrogens is 190 g/mol. The molecule has 0 unspecified atom stereocenters. The largest absolute Gasteiger partial charge is 0.383 e. The Labute approximate surface area is 89.8 Å². The molecule has 0 aromatic carbocycles. The molecule has 1 atom stereocenters. The van der Waals surface area contributed by atoms with Crippen molar-refractivity contribution in [3.8, 4) is 0 Å². The monoisotopic (exact) mass is 209 g/mol. The number of rotatable bonds is 2. The summed E-state index contributed by atoms with van der Waals surface area (Å²) in [5, 5.41) is 2.44. The van der Waals surface area contributed by atoms with Crippen LogP contribution in [0, 0.1) is 11.3 Å². The molecule has 84 valence electrons. The first-order valence-corrected chi connectivity index (χ1v) is 5.74. The number of aryl methyl sites for hydroxylation is 1. The van der Waals surface area contributed by atoms with E-state index in [0.29, 0.717) is 11.3 Å². The highest BCUT2D eigenvalue weighted by atomic mass is 16.5. The fourth-order valence-electron chi connectivity index (χ4n) is 2.38. The molecule has 0 fully saturated rings. The van der Waals surface area contributed by atoms with Crippen LogP contribution >= 0.6 is 0 Å². The molecule has 0 saturated carbocycles. The molecule has 0 aliphatic heterocycles. The van der Waals surface area contributed by atoms with Gasteiger partial charge in [0.15, 0.2) is 0 Å². The van der Waals surface area contributed by atoms with Gasteiger partial charge in [-0.2, -0.15) is 5.16 Å². The minimum atomic E-state index is -0.0263. The first-order valence-electron chi connectivity index (χ1n) is 5.74. The van der Waals surface area contributed by atoms with E-state index in [2.05, 4.69) is 25.9 Å². The van der Waals surface area contributed by atoms with Crippen molar-refractivity contribution >= 4 is 0 Å². The maximum absolute atomic E-state index is 11.5. The Bertz CT molecular complexity index is 400. The molecule has 0 radical (unpaired) electrons. The molecule has 0 saturated heterocycles. The molecule has 2 rings (SSSR count). The molecule has 3 nitrogen and oxygen atoms in total. The molecule has 0 bridgehead atoms. The van der Waals surface area contributed by atoms with Gasteiger partial charge in [0, 0.05) is 6.42 Å². The van der Waals surface area contributed by atoms with Gasteiger partial charge in [0.2, 0.25) is 0 Å². The summed E-state index contributed by atoms with van der Waals surface area (Å²) < 4.78 is 5.14. The second-order valence-corrected chi connectivity index (χ2v) is 5.22. The van der Waals surface area contributed by atoms with E-state index in [4.69, 9.17) is 4.52 Å². The van der Waals surface area contributed by atoms with Crippen LogP contribution in [-0.2, 0) is 12.8 Å². The first kappa shape index (κ1) is 10.5. The quantitative estimate of drug-likeness (QED) is 0.813. The Morgan fingerprint density at radius 2 is 2.27 bits per heavy atom. The number of hydrogen-bond acceptors (Lipinski definition) is 2. The SMILES string of the molecule is CCC(C)(C)[C@H]1CCc2o[nH]c(=O)c2C1. The van der Waals surface area contributed by atoms with Gasteiger partial charge in [-0.25, -0.2) is 0 Å². The number of fused-ring (bicyclic) bond motifs is 1. The molecule has 1 N–H and O–H groups in total. The molecule has 1 aliphatic rings. The van der Waals surface area contributed by atoms with Crippen LogP contribution in [0.1, 0.15) is 44.9 Å². The molecule has 0 spiro atoms. The molecular formula is C12H19NO2. The Morgan fingerprint density at radius 1 is 1.53 bits per heavy atom. The predicted octanol–water partition coefficient (Wildman–Crippen LogP) is 2.51. The van der Waals surface area contributed by atoms with E-state index in [9.17, 15) is 4.79 Å². The van der Waals surface area contributed by atoms with Crippen LogP contribution in [0.3, 0.4) is 0 Å². The fourth-order valence-corrected chi connectivity index (χ4v) is 2.38. The van der Waals surface area contributed by atoms with Crippen molar-refractivity contribution < 1.29 is 4.52 Å². The van der Waals surface area contributed by atoms with Crippen LogP contribution in [0.25, 0.3) is 0 Å². The number of aromatic amines is 1. The van der Waals surface area contributed by atoms with Gasteiger partial charge >= 0.3 is 0 Å². The van der Waals surface area contributed by atoms with Crippen LogP contribution in [0.15, 0.2) is 9.32 Å². The second kappa shape index (κ2) is 3.54. The van der Waals surface area contributed by atoms with Crippen molar-refractivity contribution in [2.24, 2.45) is 11.3 Å². The molecule has 0 amide bonds. The van der Waals surface area contributed by atoms with Gasteiger partial charge in [-0.15, -0.1) is 0 Å². The van der Waals surface area contributed by atoms with E-state index in [0.717, 1.165) is 37.0 Å². The van der Waals surface area contributed by atoms with Gasteiger partial charge in [-0.3, -0.25) is 4.79 Å². The van der Waals surface area contributed by atoms with Crippen molar-refractivity contribution in [3.63, 3.8) is 0 Å². The summed E-state index contributed by atoms with van der Waals surface area (Å²) in [4.78, 5) is 11.5. The lowest BCUT2D eigenvalue weighted by molar-refractivity contribution is 0.176. The van der Waals surface area contributed by atoms with Crippen LogP contribution in [0.4, 0.5) is 0 Å². The van der Waals surface area contributed by atoms with Crippen LogP contribution in [0.5, 0.6) is 0 Å². The van der Waals surface area contributed by atoms with E-state index in [1.807, 2.05) is 0 Å². The first-order chi connectivity index (χ1) is 7.04. The lowest BCUT2D eigenvalue weighted by atomic mass is 9.69. The van der Waals surface area contributed by atoms with Crippen molar-refractivity contribution in [2.45, 2.75) is 46.5 Å². The fraction of sp³-hybridized carbons (Fsp3) is 0.750. The van der Waals surface area contributed by atoms with E-state index in [1.165, 1.54) is 0 Å². The molecule has 1 aromatic rings. The van der Waals surface area contributed by atoms with E-state index in [1.54, 1.807) is 0 Å². The average molecular weight is 209 g/mol. The van der Waals surface area contributed by atoms with Crippen molar-refractivity contribution in [1.82, 2.24) is 5.16 Å². The zero-order valence-corrected chi connectivity index (χ0v) is 9.72. The summed E-state index contributed by atoms with van der Waals surface area (Å²) in [5.74, 6) is 1.48. The Morgan fingerprint density at radius 3 is 2.93 bits per heavy atom. The Balaban J connectivity index is 2.25. The van der Waals surface area contributed by atoms with Crippen LogP contribution in [0.2, 0.25) is 0 Å². The summed E-state index contributed by atoms with van der Waals surface area (Å²) in [6.07, 6.45) is 4.07. The van der Waals surface area contributed by atoms with E-state index < -0.39 is 0 Å². The van der Waals surface area contributed by atoms with Crippen molar-refractivity contribution in [3.05, 3.63) is 21.7 Å². The van der Waals surface area contributed by atoms with Gasteiger partial charge in [0.05, 0.1) is 5.56 Å². The highest BCUT2D eigenvalue weighted by molar-refractivity contribution is 5.18. The minimum Gasteiger partial charge on any atom is -0.383 e. The lowest BCUT2D eigenvalue weighted by Gasteiger charge is -2.35. The third-order valence-corrected chi connectivity index (χ3v) is 4.06. The van der Waals surface area contributed by atoms with Gasteiger partial charge in [-0.1, -0.05) is 27.2 Å². The summed E-state index contributed by atoms with van der Waals surface area (Å²) in [7, 11) is 0. The standard InChI is InChI=1S/C12H19NO2/c1-4-12(2,3)8-5-6-10-9(7-8)11(14)13-15-10/h8H,4-7H2,1-3H3,(H,13,14)/t8-/m0/s1. The second-order valence-electron chi connectivity index (χ2n) is 5.22. The average Bonchev–Trinajstić information content (AvgIpc) is 2.60. The third kappa shape index (κ3) is 1.75. The smallest absolute Gasteiger partial charge is 0.283 e. The Kier molecular flexibility index (Phi) is 2.49. The molecule has 1 aliphatic carbocycles. The summed E-state index contributed by atoms with van der Waals surface area (Å²) in [6, 6.07) is 0. The maximum Gasteiger partial charge on any atom is 0.283 e. The number of aromatic nitrogens is 1. The van der Waals surface area contributed by atoms with Gasteiger partial charge in [0.25, 0.3) is 5.56 Å². The van der Waals surface area contributed by atoms with Crippen LogP contribution < -0.4 is 5.56 Å². The lowest BCUT2D eigenvalue weighted by Crippen LogP contribution is -2.30. The molecule has 1 aromatic heterocycles. The minimum absolute atomic E-state index is 0.0263. The normalized spacial score (nSPS) is 21.4. The number of nitrogens with one attached hydrogen (secondary N) is 1. The van der Waals surface area contributed by atoms with Gasteiger partial charge in [-0.05, 0) is 24.2 Å². The molecule has 15 heavy (non-hydrogen) atoms. The van der Waals surface area contributed by atoms with Crippen molar-refractivity contribution in [2.75, 3.05) is 0 Å². The predicted molar refractivity (Wildman–Crippen MR) is 58.9 cm³/mol. The van der Waals surface area contributed by atoms with Gasteiger partial charge < -0.3 is 4.52 Å². The number of H-pyrrole nitrogens is 1. The summed E-state index contributed by atoms with van der Waals surface area (Å²) >= 11 is 0. The van der Waals surface area contributed by atoms with E-state index >= 15 is 0 Å². The highest BCUT2D eigenvalue weighted by Gasteiger charge is 2.33. The summed E-state index contributed by atoms with van der Waals surface area (Å²) in [6.45, 7) is 6.79. The highest BCUT2D eigenvalue weighted by Crippen LogP contribution is 2.38. The zero-order chi connectivity index (χ0) is 11.1. The molecule has 1 heterocycles. The zero-order valence-electron chi connectivity index (χ0n) is 9.72. The van der Waals surface area contributed by atoms with E-state index in [-0.39, 0.29) is 5.56 Å². The summed E-state index contributed by atoms with van der Waals surface area (Å²) in [5.41, 5.74) is 1.18. The maximum atomic E-state index is 11.5.